The second-order valence-electron chi connectivity index (χ2n) is 4.13. The molecule has 0 fully saturated rings. The van der Waals surface area contributed by atoms with Crippen molar-refractivity contribution in [2.45, 2.75) is 25.8 Å². The van der Waals surface area contributed by atoms with E-state index in [-0.39, 0.29) is 11.2 Å². The van der Waals surface area contributed by atoms with Crippen LogP contribution in [0.3, 0.4) is 0 Å². The summed E-state index contributed by atoms with van der Waals surface area (Å²) in [6, 6.07) is 4.54. The van der Waals surface area contributed by atoms with Gasteiger partial charge in [0.25, 0.3) is 0 Å². The molecule has 4 heteroatoms. The SMILES string of the molecule is CC(C)C(Cl)CNCc1cc(Cl)ccc1F. The Labute approximate surface area is 106 Å². The van der Waals surface area contributed by atoms with Gasteiger partial charge < -0.3 is 5.32 Å². The molecule has 0 bridgehead atoms. The lowest BCUT2D eigenvalue weighted by molar-refractivity contribution is 0.534. The smallest absolute Gasteiger partial charge is 0.127 e. The Morgan fingerprint density at radius 3 is 2.69 bits per heavy atom. The second kappa shape index (κ2) is 6.43. The van der Waals surface area contributed by atoms with E-state index >= 15 is 0 Å². The van der Waals surface area contributed by atoms with E-state index in [1.54, 1.807) is 12.1 Å². The van der Waals surface area contributed by atoms with Crippen molar-refractivity contribution in [3.63, 3.8) is 0 Å². The minimum Gasteiger partial charge on any atom is -0.311 e. The van der Waals surface area contributed by atoms with Gasteiger partial charge in [-0.05, 0) is 24.1 Å². The van der Waals surface area contributed by atoms with E-state index in [1.165, 1.54) is 6.07 Å². The summed E-state index contributed by atoms with van der Waals surface area (Å²) in [4.78, 5) is 0. The van der Waals surface area contributed by atoms with Crippen molar-refractivity contribution >= 4 is 23.2 Å². The first-order valence-corrected chi connectivity index (χ1v) is 6.11. The Morgan fingerprint density at radius 2 is 2.06 bits per heavy atom. The van der Waals surface area contributed by atoms with Crippen LogP contribution < -0.4 is 5.32 Å². The fourth-order valence-corrected chi connectivity index (χ4v) is 1.56. The number of hydrogen-bond donors (Lipinski definition) is 1. The molecule has 1 N–H and O–H groups in total. The number of benzene rings is 1. The van der Waals surface area contributed by atoms with Crippen LogP contribution in [0.25, 0.3) is 0 Å². The van der Waals surface area contributed by atoms with E-state index < -0.39 is 0 Å². The Hall–Kier alpha value is -0.310. The lowest BCUT2D eigenvalue weighted by Crippen LogP contribution is -2.26. The van der Waals surface area contributed by atoms with Crippen molar-refractivity contribution in [1.82, 2.24) is 5.32 Å². The number of nitrogens with one attached hydrogen (secondary N) is 1. The van der Waals surface area contributed by atoms with Crippen LogP contribution in [0.5, 0.6) is 0 Å². The normalized spacial score (nSPS) is 13.1. The van der Waals surface area contributed by atoms with Crippen LogP contribution in [-0.4, -0.2) is 11.9 Å². The number of rotatable bonds is 5. The summed E-state index contributed by atoms with van der Waals surface area (Å²) in [5, 5.41) is 3.72. The molecule has 0 aliphatic rings. The lowest BCUT2D eigenvalue weighted by atomic mass is 10.1. The van der Waals surface area contributed by atoms with Crippen LogP contribution in [0, 0.1) is 11.7 Å². The summed E-state index contributed by atoms with van der Waals surface area (Å²) >= 11 is 11.9. The zero-order valence-electron chi connectivity index (χ0n) is 9.43. The van der Waals surface area contributed by atoms with E-state index in [4.69, 9.17) is 23.2 Å². The van der Waals surface area contributed by atoms with Gasteiger partial charge in [0.2, 0.25) is 0 Å². The zero-order chi connectivity index (χ0) is 12.1. The van der Waals surface area contributed by atoms with Crippen LogP contribution >= 0.6 is 23.2 Å². The van der Waals surface area contributed by atoms with Crippen LogP contribution in [0.4, 0.5) is 4.39 Å². The van der Waals surface area contributed by atoms with Crippen LogP contribution in [0.2, 0.25) is 5.02 Å². The molecule has 16 heavy (non-hydrogen) atoms. The summed E-state index contributed by atoms with van der Waals surface area (Å²) < 4.78 is 13.3. The number of hydrogen-bond acceptors (Lipinski definition) is 1. The molecule has 0 aliphatic heterocycles. The van der Waals surface area contributed by atoms with E-state index in [0.29, 0.717) is 29.6 Å². The Morgan fingerprint density at radius 1 is 1.38 bits per heavy atom. The fraction of sp³-hybridized carbons (Fsp3) is 0.500. The maximum absolute atomic E-state index is 13.3. The molecule has 0 radical (unpaired) electrons. The minimum atomic E-state index is -0.243. The van der Waals surface area contributed by atoms with Crippen molar-refractivity contribution in [2.75, 3.05) is 6.54 Å². The number of halogens is 3. The number of alkyl halides is 1. The first-order valence-electron chi connectivity index (χ1n) is 5.29. The van der Waals surface area contributed by atoms with Crippen molar-refractivity contribution in [3.8, 4) is 0 Å². The van der Waals surface area contributed by atoms with Gasteiger partial charge in [-0.3, -0.25) is 0 Å². The first kappa shape index (κ1) is 13.8. The molecule has 0 aromatic heterocycles. The maximum Gasteiger partial charge on any atom is 0.127 e. The Kier molecular flexibility index (Phi) is 5.53. The van der Waals surface area contributed by atoms with E-state index in [2.05, 4.69) is 19.2 Å². The standard InChI is InChI=1S/C12H16Cl2FN/c1-8(2)11(14)7-16-6-9-5-10(13)3-4-12(9)15/h3-5,8,11,16H,6-7H2,1-2H3. The third-order valence-electron chi connectivity index (χ3n) is 2.39. The largest absolute Gasteiger partial charge is 0.311 e. The van der Waals surface area contributed by atoms with Gasteiger partial charge >= 0.3 is 0 Å². The molecule has 1 atom stereocenters. The van der Waals surface area contributed by atoms with Gasteiger partial charge in [-0.2, -0.15) is 0 Å². The quantitative estimate of drug-likeness (QED) is 0.797. The molecule has 0 saturated carbocycles. The van der Waals surface area contributed by atoms with Crippen molar-refractivity contribution in [1.29, 1.82) is 0 Å². The average Bonchev–Trinajstić information content (AvgIpc) is 2.22. The third-order valence-corrected chi connectivity index (χ3v) is 3.28. The van der Waals surface area contributed by atoms with Crippen LogP contribution in [0.1, 0.15) is 19.4 Å². The van der Waals surface area contributed by atoms with E-state index in [9.17, 15) is 4.39 Å². The predicted octanol–water partition coefficient (Wildman–Crippen LogP) is 3.83. The van der Waals surface area contributed by atoms with Crippen molar-refractivity contribution in [3.05, 3.63) is 34.6 Å². The molecule has 90 valence electrons. The van der Waals surface area contributed by atoms with Crippen molar-refractivity contribution < 1.29 is 4.39 Å². The Balaban J connectivity index is 2.45. The summed E-state index contributed by atoms with van der Waals surface area (Å²) in [6.07, 6.45) is 0. The average molecular weight is 264 g/mol. The zero-order valence-corrected chi connectivity index (χ0v) is 10.9. The van der Waals surface area contributed by atoms with Gasteiger partial charge in [-0.15, -0.1) is 11.6 Å². The van der Waals surface area contributed by atoms with Gasteiger partial charge in [0, 0.05) is 29.1 Å². The van der Waals surface area contributed by atoms with Gasteiger partial charge in [-0.1, -0.05) is 25.4 Å². The highest BCUT2D eigenvalue weighted by atomic mass is 35.5. The monoisotopic (exact) mass is 263 g/mol. The highest BCUT2D eigenvalue weighted by molar-refractivity contribution is 6.30. The molecule has 1 nitrogen and oxygen atoms in total. The molecule has 0 aliphatic carbocycles. The van der Waals surface area contributed by atoms with Crippen LogP contribution in [-0.2, 0) is 6.54 Å². The molecule has 0 amide bonds. The molecule has 1 rings (SSSR count). The summed E-state index contributed by atoms with van der Waals surface area (Å²) in [7, 11) is 0. The maximum atomic E-state index is 13.3. The molecule has 0 heterocycles. The summed E-state index contributed by atoms with van der Waals surface area (Å²) in [6.45, 7) is 5.21. The van der Waals surface area contributed by atoms with Gasteiger partial charge in [0.15, 0.2) is 0 Å². The second-order valence-corrected chi connectivity index (χ2v) is 5.12. The first-order chi connectivity index (χ1) is 7.50. The topological polar surface area (TPSA) is 12.0 Å². The molecule has 0 saturated heterocycles. The fourth-order valence-electron chi connectivity index (χ4n) is 1.26. The molecule has 0 spiro atoms. The van der Waals surface area contributed by atoms with Gasteiger partial charge in [0.05, 0.1) is 0 Å². The highest BCUT2D eigenvalue weighted by Crippen LogP contribution is 2.15. The predicted molar refractivity (Wildman–Crippen MR) is 67.6 cm³/mol. The molecule has 1 aromatic carbocycles. The third kappa shape index (κ3) is 4.28. The molecule has 1 aromatic rings. The molecular formula is C12H16Cl2FN. The van der Waals surface area contributed by atoms with E-state index in [0.717, 1.165) is 0 Å². The lowest BCUT2D eigenvalue weighted by Gasteiger charge is -2.14. The van der Waals surface area contributed by atoms with Gasteiger partial charge in [-0.25, -0.2) is 4.39 Å². The molecule has 1 unspecified atom stereocenters. The van der Waals surface area contributed by atoms with Crippen molar-refractivity contribution in [2.24, 2.45) is 5.92 Å². The Bertz CT molecular complexity index is 342. The summed E-state index contributed by atoms with van der Waals surface area (Å²) in [5.74, 6) is 0.158. The van der Waals surface area contributed by atoms with Gasteiger partial charge in [0.1, 0.15) is 5.82 Å². The molecular weight excluding hydrogens is 248 g/mol. The minimum absolute atomic E-state index is 0.0576. The summed E-state index contributed by atoms with van der Waals surface area (Å²) in [5.41, 5.74) is 0.570. The van der Waals surface area contributed by atoms with Crippen LogP contribution in [0.15, 0.2) is 18.2 Å². The van der Waals surface area contributed by atoms with E-state index in [1.807, 2.05) is 0 Å². The highest BCUT2D eigenvalue weighted by Gasteiger charge is 2.09.